The van der Waals surface area contributed by atoms with Crippen LogP contribution in [0.3, 0.4) is 0 Å². The van der Waals surface area contributed by atoms with Gasteiger partial charge in [-0.05, 0) is 61.6 Å². The van der Waals surface area contributed by atoms with E-state index in [4.69, 9.17) is 0 Å². The summed E-state index contributed by atoms with van der Waals surface area (Å²) in [6, 6.07) is 30.2. The van der Waals surface area contributed by atoms with E-state index in [0.717, 1.165) is 22.3 Å². The van der Waals surface area contributed by atoms with Crippen molar-refractivity contribution in [3.8, 4) is 0 Å². The van der Waals surface area contributed by atoms with E-state index in [0.29, 0.717) is 17.8 Å². The minimum Gasteiger partial charge on any atom is -0.354 e. The number of carbonyl (C=O) groups excluding carboxylic acids is 2. The summed E-state index contributed by atoms with van der Waals surface area (Å²) >= 11 is 0. The van der Waals surface area contributed by atoms with Gasteiger partial charge in [0.15, 0.2) is 0 Å². The van der Waals surface area contributed by atoms with Gasteiger partial charge in [0.25, 0.3) is 10.0 Å². The third kappa shape index (κ3) is 8.82. The van der Waals surface area contributed by atoms with Crippen molar-refractivity contribution in [3.63, 3.8) is 0 Å². The number of para-hydroxylation sites is 1. The van der Waals surface area contributed by atoms with E-state index < -0.39 is 28.5 Å². The van der Waals surface area contributed by atoms with Crippen LogP contribution in [0.5, 0.6) is 0 Å². The molecule has 1 atom stereocenters. The highest BCUT2D eigenvalue weighted by molar-refractivity contribution is 7.92. The van der Waals surface area contributed by atoms with Crippen LogP contribution in [0.1, 0.15) is 41.7 Å². The Morgan fingerprint density at radius 3 is 2.04 bits per heavy atom. The van der Waals surface area contributed by atoms with E-state index in [9.17, 15) is 18.0 Å². The number of aryl methyl sites for hydroxylation is 3. The Morgan fingerprint density at radius 1 is 0.756 bits per heavy atom. The summed E-state index contributed by atoms with van der Waals surface area (Å²) in [6.07, 6.45) is 0.275. The van der Waals surface area contributed by atoms with Crippen molar-refractivity contribution >= 4 is 27.5 Å². The molecule has 0 spiro atoms. The fourth-order valence-corrected chi connectivity index (χ4v) is 6.66. The van der Waals surface area contributed by atoms with Gasteiger partial charge >= 0.3 is 0 Å². The number of amides is 2. The van der Waals surface area contributed by atoms with Gasteiger partial charge in [-0.2, -0.15) is 0 Å². The van der Waals surface area contributed by atoms with E-state index >= 15 is 0 Å². The zero-order chi connectivity index (χ0) is 32.6. The molecule has 4 aromatic rings. The number of hydrogen-bond donors (Lipinski definition) is 1. The summed E-state index contributed by atoms with van der Waals surface area (Å²) in [5.41, 5.74) is 4.81. The van der Waals surface area contributed by atoms with Crippen LogP contribution in [0.15, 0.2) is 108 Å². The lowest BCUT2D eigenvalue weighted by molar-refractivity contribution is -0.140. The molecule has 0 unspecified atom stereocenters. The number of rotatable bonds is 13. The van der Waals surface area contributed by atoms with Crippen LogP contribution >= 0.6 is 0 Å². The van der Waals surface area contributed by atoms with Crippen LogP contribution < -0.4 is 9.62 Å². The highest BCUT2D eigenvalue weighted by Crippen LogP contribution is 2.28. The predicted molar refractivity (Wildman–Crippen MR) is 180 cm³/mol. The molecule has 0 saturated carbocycles. The van der Waals surface area contributed by atoms with Gasteiger partial charge in [-0.3, -0.25) is 13.9 Å². The van der Waals surface area contributed by atoms with Crippen molar-refractivity contribution in [2.24, 2.45) is 5.92 Å². The number of benzene rings is 4. The van der Waals surface area contributed by atoms with Crippen LogP contribution in [-0.2, 0) is 32.6 Å². The molecule has 0 aliphatic heterocycles. The molecule has 0 aliphatic rings. The molecule has 8 heteroatoms. The van der Waals surface area contributed by atoms with Crippen LogP contribution in [0, 0.1) is 26.7 Å². The minimum atomic E-state index is -4.14. The smallest absolute Gasteiger partial charge is 0.264 e. The van der Waals surface area contributed by atoms with Crippen molar-refractivity contribution in [1.29, 1.82) is 0 Å². The maximum atomic E-state index is 14.6. The Morgan fingerprint density at radius 2 is 1.40 bits per heavy atom. The molecule has 7 nitrogen and oxygen atoms in total. The van der Waals surface area contributed by atoms with E-state index in [1.807, 2.05) is 101 Å². The topological polar surface area (TPSA) is 86.8 Å². The number of hydrogen-bond acceptors (Lipinski definition) is 4. The summed E-state index contributed by atoms with van der Waals surface area (Å²) in [5, 5.41) is 3.03. The first-order valence-electron chi connectivity index (χ1n) is 15.3. The lowest BCUT2D eigenvalue weighted by atomic mass is 10.0. The lowest BCUT2D eigenvalue weighted by Gasteiger charge is -2.34. The molecule has 236 valence electrons. The maximum Gasteiger partial charge on any atom is 0.264 e. The average molecular weight is 626 g/mol. The zero-order valence-electron chi connectivity index (χ0n) is 26.7. The number of anilines is 1. The number of nitrogens with one attached hydrogen (secondary N) is 1. The molecule has 0 heterocycles. The van der Waals surface area contributed by atoms with E-state index in [1.54, 1.807) is 36.4 Å². The highest BCUT2D eigenvalue weighted by atomic mass is 32.2. The molecular formula is C37H43N3O4S. The second kappa shape index (κ2) is 15.0. The number of carbonyl (C=O) groups is 2. The molecule has 0 aliphatic carbocycles. The first kappa shape index (κ1) is 33.5. The van der Waals surface area contributed by atoms with Gasteiger partial charge < -0.3 is 10.2 Å². The van der Waals surface area contributed by atoms with Gasteiger partial charge in [-0.1, -0.05) is 110 Å². The molecule has 0 fully saturated rings. The summed E-state index contributed by atoms with van der Waals surface area (Å²) < 4.78 is 29.6. The molecule has 1 N–H and O–H groups in total. The van der Waals surface area contributed by atoms with Crippen molar-refractivity contribution in [2.45, 2.75) is 58.5 Å². The number of sulfonamides is 1. The summed E-state index contributed by atoms with van der Waals surface area (Å²) in [4.78, 5) is 30.1. The van der Waals surface area contributed by atoms with Crippen molar-refractivity contribution in [2.75, 3.05) is 17.4 Å². The van der Waals surface area contributed by atoms with Gasteiger partial charge in [-0.25, -0.2) is 8.42 Å². The van der Waals surface area contributed by atoms with Gasteiger partial charge in [0.05, 0.1) is 10.6 Å². The van der Waals surface area contributed by atoms with E-state index in [-0.39, 0.29) is 29.7 Å². The fraction of sp³-hybridized carbons (Fsp3) is 0.297. The van der Waals surface area contributed by atoms with E-state index in [1.165, 1.54) is 9.21 Å². The van der Waals surface area contributed by atoms with Crippen molar-refractivity contribution in [3.05, 3.63) is 131 Å². The lowest BCUT2D eigenvalue weighted by Crippen LogP contribution is -2.53. The van der Waals surface area contributed by atoms with Gasteiger partial charge in [0.1, 0.15) is 12.6 Å². The molecule has 2 amide bonds. The Labute approximate surface area is 268 Å². The average Bonchev–Trinajstić information content (AvgIpc) is 3.01. The molecule has 0 bridgehead atoms. The maximum absolute atomic E-state index is 14.6. The molecule has 0 saturated heterocycles. The van der Waals surface area contributed by atoms with Gasteiger partial charge in [0, 0.05) is 19.5 Å². The second-order valence-corrected chi connectivity index (χ2v) is 13.8. The van der Waals surface area contributed by atoms with Crippen molar-refractivity contribution < 1.29 is 18.0 Å². The molecule has 45 heavy (non-hydrogen) atoms. The van der Waals surface area contributed by atoms with Crippen LogP contribution in [0.4, 0.5) is 5.69 Å². The van der Waals surface area contributed by atoms with Gasteiger partial charge in [-0.15, -0.1) is 0 Å². The van der Waals surface area contributed by atoms with Crippen molar-refractivity contribution in [1.82, 2.24) is 10.2 Å². The second-order valence-electron chi connectivity index (χ2n) is 12.0. The third-order valence-electron chi connectivity index (χ3n) is 7.66. The zero-order valence-corrected chi connectivity index (χ0v) is 27.6. The molecule has 4 aromatic carbocycles. The van der Waals surface area contributed by atoms with Crippen LogP contribution in [-0.4, -0.2) is 44.3 Å². The first-order chi connectivity index (χ1) is 21.5. The minimum absolute atomic E-state index is 0.0879. The predicted octanol–water partition coefficient (Wildman–Crippen LogP) is 6.22. The Hall–Kier alpha value is -4.43. The monoisotopic (exact) mass is 625 g/mol. The first-order valence-corrected chi connectivity index (χ1v) is 16.7. The molecule has 0 radical (unpaired) electrons. The fourth-order valence-electron chi connectivity index (χ4n) is 5.18. The summed E-state index contributed by atoms with van der Waals surface area (Å²) in [5.74, 6) is -0.545. The summed E-state index contributed by atoms with van der Waals surface area (Å²) in [6.45, 7) is 9.82. The SMILES string of the molecule is Cc1ccc(S(=O)(=O)N(CC(=O)N(Cc2cccc(C)c2)[C@H](Cc2ccccc2)C(=O)NCC(C)C)c2ccccc2C)cc1. The normalized spacial score (nSPS) is 12.0. The Bertz CT molecular complexity index is 1700. The molecule has 0 aromatic heterocycles. The number of nitrogens with zero attached hydrogens (tertiary/aromatic N) is 2. The molecular weight excluding hydrogens is 582 g/mol. The van der Waals surface area contributed by atoms with Crippen LogP contribution in [0.25, 0.3) is 0 Å². The van der Waals surface area contributed by atoms with Gasteiger partial charge in [0.2, 0.25) is 11.8 Å². The van der Waals surface area contributed by atoms with Crippen LogP contribution in [0.2, 0.25) is 0 Å². The largest absolute Gasteiger partial charge is 0.354 e. The molecule has 4 rings (SSSR count). The van der Waals surface area contributed by atoms with E-state index in [2.05, 4.69) is 5.32 Å². The Kier molecular flexibility index (Phi) is 11.2. The Balaban J connectivity index is 1.81. The quantitative estimate of drug-likeness (QED) is 0.191. The summed E-state index contributed by atoms with van der Waals surface area (Å²) in [7, 11) is -4.14. The standard InChI is InChI=1S/C37H43N3O4S/c1-27(2)24-38-37(42)35(23-31-14-7-6-8-15-31)39(25-32-16-11-12-29(4)22-32)36(41)26-40(34-17-10-9-13-30(34)5)45(43,44)33-20-18-28(3)19-21-33/h6-22,27,35H,23-26H2,1-5H3,(H,38,42)/t35-/m1/s1. The third-order valence-corrected chi connectivity index (χ3v) is 9.44. The highest BCUT2D eigenvalue weighted by Gasteiger charge is 2.35.